The number of ether oxygens (including phenoxy) is 3. The highest BCUT2D eigenvalue weighted by molar-refractivity contribution is 6.30. The molecule has 2 aromatic carbocycles. The van der Waals surface area contributed by atoms with E-state index in [0.29, 0.717) is 28.8 Å². The highest BCUT2D eigenvalue weighted by Gasteiger charge is 2.32. The van der Waals surface area contributed by atoms with E-state index in [1.165, 1.54) is 12.0 Å². The zero-order chi connectivity index (χ0) is 19.2. The average molecular weight is 391 g/mol. The van der Waals surface area contributed by atoms with Gasteiger partial charge in [-0.2, -0.15) is 0 Å². The number of rotatable bonds is 7. The van der Waals surface area contributed by atoms with Gasteiger partial charge in [-0.3, -0.25) is 9.69 Å². The summed E-state index contributed by atoms with van der Waals surface area (Å²) in [6, 6.07) is 14.0. The van der Waals surface area contributed by atoms with Crippen LogP contribution in [-0.4, -0.2) is 44.9 Å². The Bertz CT molecular complexity index is 829. The summed E-state index contributed by atoms with van der Waals surface area (Å²) in [5, 5.41) is 3.23. The minimum absolute atomic E-state index is 0.168. The largest absolute Gasteiger partial charge is 0.493 e. The van der Waals surface area contributed by atoms with Gasteiger partial charge in [0.05, 0.1) is 20.2 Å². The second-order valence-electron chi connectivity index (χ2n) is 5.84. The van der Waals surface area contributed by atoms with Crippen LogP contribution >= 0.6 is 11.6 Å². The third-order valence-corrected chi connectivity index (χ3v) is 4.18. The summed E-state index contributed by atoms with van der Waals surface area (Å²) in [6.07, 6.45) is -0.923. The third kappa shape index (κ3) is 4.83. The summed E-state index contributed by atoms with van der Waals surface area (Å²) in [7, 11) is 1.53. The summed E-state index contributed by atoms with van der Waals surface area (Å²) in [4.78, 5) is 25.5. The molecule has 0 aliphatic carbocycles. The predicted octanol–water partition coefficient (Wildman–Crippen LogP) is 2.87. The van der Waals surface area contributed by atoms with E-state index < -0.39 is 12.2 Å². The summed E-state index contributed by atoms with van der Waals surface area (Å²) < 4.78 is 15.9. The van der Waals surface area contributed by atoms with Gasteiger partial charge in [-0.1, -0.05) is 29.8 Å². The number of amides is 2. The Morgan fingerprint density at radius 3 is 2.78 bits per heavy atom. The van der Waals surface area contributed by atoms with Crippen LogP contribution in [0, 0.1) is 0 Å². The molecule has 1 atom stereocenters. The fraction of sp³-hybridized carbons (Fsp3) is 0.263. The first-order valence-electron chi connectivity index (χ1n) is 8.33. The van der Waals surface area contributed by atoms with Crippen molar-refractivity contribution in [1.82, 2.24) is 5.32 Å². The molecule has 0 bridgehead atoms. The minimum atomic E-state index is -0.471. The van der Waals surface area contributed by atoms with Gasteiger partial charge in [0.1, 0.15) is 6.10 Å². The predicted molar refractivity (Wildman–Crippen MR) is 101 cm³/mol. The van der Waals surface area contributed by atoms with E-state index in [2.05, 4.69) is 5.32 Å². The van der Waals surface area contributed by atoms with Crippen LogP contribution in [-0.2, 0) is 9.53 Å². The molecule has 0 saturated carbocycles. The van der Waals surface area contributed by atoms with Crippen molar-refractivity contribution in [3.63, 3.8) is 0 Å². The number of hydrogen-bond acceptors (Lipinski definition) is 5. The Labute approximate surface area is 161 Å². The van der Waals surface area contributed by atoms with Crippen LogP contribution in [0.2, 0.25) is 5.02 Å². The highest BCUT2D eigenvalue weighted by atomic mass is 35.5. The molecule has 142 valence electrons. The zero-order valence-electron chi connectivity index (χ0n) is 14.7. The molecule has 1 N–H and O–H groups in total. The third-order valence-electron chi connectivity index (χ3n) is 3.95. The van der Waals surface area contributed by atoms with Crippen molar-refractivity contribution in [2.24, 2.45) is 0 Å². The van der Waals surface area contributed by atoms with E-state index in [1.54, 1.807) is 42.5 Å². The fourth-order valence-corrected chi connectivity index (χ4v) is 2.83. The topological polar surface area (TPSA) is 77.1 Å². The number of halogens is 1. The first-order chi connectivity index (χ1) is 13.1. The number of benzene rings is 2. The first-order valence-corrected chi connectivity index (χ1v) is 8.71. The van der Waals surface area contributed by atoms with Gasteiger partial charge in [0.2, 0.25) is 0 Å². The van der Waals surface area contributed by atoms with Gasteiger partial charge in [0.25, 0.3) is 5.91 Å². The lowest BCUT2D eigenvalue weighted by molar-refractivity contribution is -0.123. The molecule has 1 aliphatic heterocycles. The average Bonchev–Trinajstić information content (AvgIpc) is 3.05. The molecule has 1 fully saturated rings. The van der Waals surface area contributed by atoms with Crippen LogP contribution in [0.1, 0.15) is 0 Å². The number of methoxy groups -OCH3 is 1. The van der Waals surface area contributed by atoms with Crippen molar-refractivity contribution in [2.75, 3.05) is 31.7 Å². The lowest BCUT2D eigenvalue weighted by atomic mass is 10.2. The molecule has 0 radical (unpaired) electrons. The quantitative estimate of drug-likeness (QED) is 0.786. The molecule has 2 aromatic rings. The number of para-hydroxylation sites is 2. The van der Waals surface area contributed by atoms with E-state index >= 15 is 0 Å². The summed E-state index contributed by atoms with van der Waals surface area (Å²) in [5.74, 6) is 0.708. The van der Waals surface area contributed by atoms with Gasteiger partial charge >= 0.3 is 6.09 Å². The molecule has 0 spiro atoms. The Morgan fingerprint density at radius 1 is 1.26 bits per heavy atom. The molecule has 8 heteroatoms. The second kappa shape index (κ2) is 8.64. The van der Waals surface area contributed by atoms with E-state index in [1.807, 2.05) is 6.07 Å². The summed E-state index contributed by atoms with van der Waals surface area (Å²) in [5.41, 5.74) is 0.654. The normalized spacial score (nSPS) is 16.0. The smallest absolute Gasteiger partial charge is 0.414 e. The molecule has 1 heterocycles. The van der Waals surface area contributed by atoms with Crippen LogP contribution in [0.15, 0.2) is 48.5 Å². The van der Waals surface area contributed by atoms with Gasteiger partial charge in [-0.05, 0) is 30.3 Å². The molecule has 1 saturated heterocycles. The summed E-state index contributed by atoms with van der Waals surface area (Å²) >= 11 is 5.96. The summed E-state index contributed by atoms with van der Waals surface area (Å²) in [6.45, 7) is 0.350. The SMILES string of the molecule is COc1ccccc1OCC(=O)NCC1CN(c2cccc(Cl)c2)C(=O)O1. The molecule has 1 aliphatic rings. The lowest BCUT2D eigenvalue weighted by Crippen LogP contribution is -2.37. The number of cyclic esters (lactones) is 1. The lowest BCUT2D eigenvalue weighted by Gasteiger charge is -2.13. The van der Waals surface area contributed by atoms with Gasteiger partial charge in [-0.15, -0.1) is 0 Å². The van der Waals surface area contributed by atoms with E-state index in [0.717, 1.165) is 0 Å². The van der Waals surface area contributed by atoms with Crippen molar-refractivity contribution in [2.45, 2.75) is 6.10 Å². The number of carbonyl (C=O) groups excluding carboxylic acids is 2. The van der Waals surface area contributed by atoms with Crippen LogP contribution in [0.5, 0.6) is 11.5 Å². The van der Waals surface area contributed by atoms with Crippen molar-refractivity contribution >= 4 is 29.3 Å². The zero-order valence-corrected chi connectivity index (χ0v) is 15.4. The molecule has 1 unspecified atom stereocenters. The van der Waals surface area contributed by atoms with Crippen LogP contribution < -0.4 is 19.7 Å². The van der Waals surface area contributed by atoms with Crippen molar-refractivity contribution < 1.29 is 23.8 Å². The molecule has 7 nitrogen and oxygen atoms in total. The standard InChI is InChI=1S/C19H19ClN2O5/c1-25-16-7-2-3-8-17(16)26-12-18(23)21-10-15-11-22(19(24)27-15)14-6-4-5-13(20)9-14/h2-9,15H,10-12H2,1H3,(H,21,23). The van der Waals surface area contributed by atoms with Crippen LogP contribution in [0.3, 0.4) is 0 Å². The number of nitrogens with one attached hydrogen (secondary N) is 1. The van der Waals surface area contributed by atoms with Crippen molar-refractivity contribution in [3.8, 4) is 11.5 Å². The molecular weight excluding hydrogens is 372 g/mol. The van der Waals surface area contributed by atoms with Crippen molar-refractivity contribution in [3.05, 3.63) is 53.6 Å². The molecule has 0 aromatic heterocycles. The van der Waals surface area contributed by atoms with Gasteiger partial charge in [0, 0.05) is 10.7 Å². The number of nitrogens with zero attached hydrogens (tertiary/aromatic N) is 1. The molecular formula is C19H19ClN2O5. The Hall–Kier alpha value is -2.93. The first kappa shape index (κ1) is 18.8. The number of carbonyl (C=O) groups is 2. The maximum Gasteiger partial charge on any atom is 0.414 e. The van der Waals surface area contributed by atoms with Crippen molar-refractivity contribution in [1.29, 1.82) is 0 Å². The molecule has 2 amide bonds. The van der Waals surface area contributed by atoms with Crippen LogP contribution in [0.4, 0.5) is 10.5 Å². The number of hydrogen-bond donors (Lipinski definition) is 1. The Morgan fingerprint density at radius 2 is 2.04 bits per heavy atom. The monoisotopic (exact) mass is 390 g/mol. The fourth-order valence-electron chi connectivity index (χ4n) is 2.64. The van der Waals surface area contributed by atoms with E-state index in [9.17, 15) is 9.59 Å². The Balaban J connectivity index is 1.47. The highest BCUT2D eigenvalue weighted by Crippen LogP contribution is 2.26. The maximum absolute atomic E-state index is 12.0. The minimum Gasteiger partial charge on any atom is -0.493 e. The van der Waals surface area contributed by atoms with Gasteiger partial charge in [0.15, 0.2) is 18.1 Å². The Kier molecular flexibility index (Phi) is 6.03. The van der Waals surface area contributed by atoms with Gasteiger partial charge < -0.3 is 19.5 Å². The molecule has 3 rings (SSSR count). The van der Waals surface area contributed by atoms with E-state index in [4.69, 9.17) is 25.8 Å². The van der Waals surface area contributed by atoms with Crippen LogP contribution in [0.25, 0.3) is 0 Å². The van der Waals surface area contributed by atoms with Gasteiger partial charge in [-0.25, -0.2) is 4.79 Å². The maximum atomic E-state index is 12.0. The number of anilines is 1. The molecule has 27 heavy (non-hydrogen) atoms. The second-order valence-corrected chi connectivity index (χ2v) is 6.28. The van der Waals surface area contributed by atoms with E-state index in [-0.39, 0.29) is 19.1 Å².